The second-order valence-corrected chi connectivity index (χ2v) is 28.6. The van der Waals surface area contributed by atoms with Crippen LogP contribution in [-0.2, 0) is 36.8 Å². The Bertz CT molecular complexity index is 2390. The molecular weight excluding hydrogens is 1260 g/mol. The maximum atomic E-state index is 13.7. The number of rotatable bonds is 42. The SMILES string of the molecule is Cc1c(C)c2c(c(C)c1OC(=O)CN(CCN(CCN(CC(=O)[O-])CC(=O)Oc1c(C)c(C)c3c(c1C)CC[C@@](C)(CCC[C@H](C)CCC[C@H](C)CCCC(C)C)O3)CC(=O)[O-])CC(=O)[O-])CC[C@@](C)(CCC[C@H](C)CCC[C@H](C)CCCC(C)C)O2.[Gd+3]. The van der Waals surface area contributed by atoms with E-state index in [-0.39, 0.29) is 77.3 Å². The van der Waals surface area contributed by atoms with Gasteiger partial charge in [-0.2, -0.15) is 0 Å². The van der Waals surface area contributed by atoms with Gasteiger partial charge in [-0.1, -0.05) is 145 Å². The van der Waals surface area contributed by atoms with Gasteiger partial charge in [0.05, 0.1) is 31.0 Å². The molecule has 0 fully saturated rings. The Kier molecular flexibility index (Phi) is 34.6. The first-order chi connectivity index (χ1) is 40.9. The smallest absolute Gasteiger partial charge is 0.549 e. The van der Waals surface area contributed by atoms with E-state index in [1.807, 2.05) is 41.5 Å². The molecule has 2 aromatic carbocycles. The minimum atomic E-state index is -1.45. The molecule has 15 nitrogen and oxygen atoms in total. The van der Waals surface area contributed by atoms with Crippen LogP contribution < -0.4 is 34.3 Å². The average molecular weight is 1370 g/mol. The Morgan fingerprint density at radius 3 is 1.01 bits per heavy atom. The predicted octanol–water partition coefficient (Wildman–Crippen LogP) is 11.2. The normalized spacial score (nSPS) is 17.9. The number of hydrogen-bond acceptors (Lipinski definition) is 15. The molecule has 0 spiro atoms. The van der Waals surface area contributed by atoms with Crippen molar-refractivity contribution in [3.63, 3.8) is 0 Å². The summed E-state index contributed by atoms with van der Waals surface area (Å²) in [5.74, 6) is 1.16. The summed E-state index contributed by atoms with van der Waals surface area (Å²) in [6.07, 6.45) is 25.1. The second kappa shape index (κ2) is 38.6. The first-order valence-corrected chi connectivity index (χ1v) is 33.7. The molecule has 6 atom stereocenters. The number of hydrogen-bond donors (Lipinski definition) is 0. The Morgan fingerprint density at radius 1 is 0.420 bits per heavy atom. The first kappa shape index (κ1) is 78.8. The zero-order chi connectivity index (χ0) is 64.8. The van der Waals surface area contributed by atoms with Gasteiger partial charge in [0.25, 0.3) is 0 Å². The molecule has 499 valence electrons. The van der Waals surface area contributed by atoms with E-state index >= 15 is 0 Å². The van der Waals surface area contributed by atoms with Crippen molar-refractivity contribution >= 4 is 29.8 Å². The minimum absolute atomic E-state index is 0. The van der Waals surface area contributed by atoms with Crippen LogP contribution in [0.15, 0.2) is 0 Å². The summed E-state index contributed by atoms with van der Waals surface area (Å²) in [5.41, 5.74) is 6.16. The molecule has 88 heavy (non-hydrogen) atoms. The summed E-state index contributed by atoms with van der Waals surface area (Å²) in [5, 5.41) is 36.1. The molecular formula is C72H116GdN3O12. The molecule has 0 aliphatic carbocycles. The van der Waals surface area contributed by atoms with Gasteiger partial charge in [-0.05, 0) is 176 Å². The third-order valence-electron chi connectivity index (χ3n) is 19.3. The van der Waals surface area contributed by atoms with Gasteiger partial charge in [-0.15, -0.1) is 0 Å². The molecule has 2 aliphatic rings. The van der Waals surface area contributed by atoms with Crippen molar-refractivity contribution < 1.29 is 98.2 Å². The molecule has 0 saturated heterocycles. The van der Waals surface area contributed by atoms with Crippen molar-refractivity contribution in [2.24, 2.45) is 35.5 Å². The fraction of sp³-hybridized carbons (Fsp3) is 0.764. The molecule has 2 heterocycles. The first-order valence-electron chi connectivity index (χ1n) is 33.7. The van der Waals surface area contributed by atoms with Crippen molar-refractivity contribution in [1.29, 1.82) is 0 Å². The van der Waals surface area contributed by atoms with Crippen molar-refractivity contribution in [2.45, 2.75) is 263 Å². The van der Waals surface area contributed by atoms with Crippen LogP contribution in [0.1, 0.15) is 242 Å². The maximum absolute atomic E-state index is 13.7. The number of esters is 2. The average Bonchev–Trinajstić information content (AvgIpc) is 3.40. The molecule has 0 amide bonds. The van der Waals surface area contributed by atoms with Gasteiger partial charge in [-0.3, -0.25) is 24.3 Å². The fourth-order valence-corrected chi connectivity index (χ4v) is 13.3. The Balaban J connectivity index is 0.0000202. The van der Waals surface area contributed by atoms with E-state index in [2.05, 4.69) is 69.2 Å². The predicted molar refractivity (Wildman–Crippen MR) is 341 cm³/mol. The van der Waals surface area contributed by atoms with Crippen molar-refractivity contribution in [2.75, 3.05) is 58.9 Å². The topological polar surface area (TPSA) is 201 Å². The van der Waals surface area contributed by atoms with Crippen LogP contribution in [-0.4, -0.2) is 115 Å². The maximum Gasteiger partial charge on any atom is 3.00 e. The number of ether oxygens (including phenoxy) is 4. The van der Waals surface area contributed by atoms with E-state index in [1.165, 1.54) is 91.7 Å². The van der Waals surface area contributed by atoms with Crippen LogP contribution in [0.2, 0.25) is 0 Å². The quantitative estimate of drug-likeness (QED) is 0.0448. The van der Waals surface area contributed by atoms with Gasteiger partial charge in [0.1, 0.15) is 34.2 Å². The Morgan fingerprint density at radius 2 is 0.705 bits per heavy atom. The Labute approximate surface area is 563 Å². The second-order valence-electron chi connectivity index (χ2n) is 28.6. The standard InChI is InChI=1S/C72H119N3O12.Gd/c1-48(2)23-17-25-50(5)27-19-29-52(7)31-21-35-71(15)37-33-60-58(13)67(54(9)56(11)69(60)86-71)84-65(82)46-74(44-63(78)79)41-39-73(43-62(76)77)40-42-75(45-64(80)81)47-66(83)85-68-55(10)57(12)70-61(59(68)14)34-38-72(16,87-70)36-22-32-53(8)30-20-28-51(6)26-18-24-49(3)4;/h48-53H,17-47H2,1-16H3,(H,76,77)(H,78,79)(H,80,81);/q;+3/p-3/t50-,51-,52-,53-,71-,72-;/m1./s1. The zero-order valence-electron chi connectivity index (χ0n) is 57.5. The minimum Gasteiger partial charge on any atom is -0.549 e. The van der Waals surface area contributed by atoms with Gasteiger partial charge in [-0.25, -0.2) is 0 Å². The van der Waals surface area contributed by atoms with Crippen LogP contribution in [0.3, 0.4) is 0 Å². The summed E-state index contributed by atoms with van der Waals surface area (Å²) in [7, 11) is 0. The largest absolute Gasteiger partial charge is 3.00 e. The molecule has 0 N–H and O–H groups in total. The summed E-state index contributed by atoms with van der Waals surface area (Å²) >= 11 is 0. The van der Waals surface area contributed by atoms with Gasteiger partial charge < -0.3 is 48.7 Å². The third-order valence-corrected chi connectivity index (χ3v) is 19.3. The molecule has 1 radical (unpaired) electrons. The summed E-state index contributed by atoms with van der Waals surface area (Å²) in [6, 6.07) is 0. The number of fused-ring (bicyclic) bond motifs is 2. The molecule has 2 aliphatic heterocycles. The molecule has 0 saturated carbocycles. The van der Waals surface area contributed by atoms with E-state index in [0.717, 1.165) is 144 Å². The summed E-state index contributed by atoms with van der Waals surface area (Å²) < 4.78 is 25.7. The van der Waals surface area contributed by atoms with Crippen LogP contribution in [0.5, 0.6) is 23.0 Å². The van der Waals surface area contributed by atoms with E-state index in [0.29, 0.717) is 23.3 Å². The van der Waals surface area contributed by atoms with Crippen LogP contribution in [0.4, 0.5) is 0 Å². The molecule has 16 heteroatoms. The number of aliphatic carboxylic acids is 3. The number of carbonyl (C=O) groups is 5. The molecule has 4 rings (SSSR count). The summed E-state index contributed by atoms with van der Waals surface area (Å²) in [4.78, 5) is 67.6. The van der Waals surface area contributed by atoms with Crippen molar-refractivity contribution in [3.05, 3.63) is 44.5 Å². The van der Waals surface area contributed by atoms with E-state index in [4.69, 9.17) is 18.9 Å². The zero-order valence-corrected chi connectivity index (χ0v) is 59.7. The summed E-state index contributed by atoms with van der Waals surface area (Å²) in [6.45, 7) is 31.5. The number of carboxylic acids is 3. The molecule has 0 bridgehead atoms. The van der Waals surface area contributed by atoms with E-state index in [9.17, 15) is 39.3 Å². The van der Waals surface area contributed by atoms with Crippen LogP contribution in [0, 0.1) is 117 Å². The molecule has 0 aromatic heterocycles. The number of carbonyl (C=O) groups excluding carboxylic acids is 5. The Hall–Kier alpha value is -3.41. The van der Waals surface area contributed by atoms with Gasteiger partial charge in [0.2, 0.25) is 0 Å². The van der Waals surface area contributed by atoms with Gasteiger partial charge >= 0.3 is 51.9 Å². The number of benzene rings is 2. The molecule has 2 aromatic rings. The monoisotopic (exact) mass is 1370 g/mol. The van der Waals surface area contributed by atoms with Crippen LogP contribution >= 0.6 is 0 Å². The van der Waals surface area contributed by atoms with Crippen molar-refractivity contribution in [3.8, 4) is 23.0 Å². The van der Waals surface area contributed by atoms with Gasteiger partial charge in [0, 0.05) is 56.9 Å². The van der Waals surface area contributed by atoms with Crippen LogP contribution in [0.25, 0.3) is 0 Å². The number of carboxylic acid groups (broad SMARTS) is 3. The molecule has 0 unspecified atom stereocenters. The number of nitrogens with zero attached hydrogens (tertiary/aromatic N) is 3. The van der Waals surface area contributed by atoms with E-state index < -0.39 is 62.6 Å². The third kappa shape index (κ3) is 27.0. The fourth-order valence-electron chi connectivity index (χ4n) is 13.3. The van der Waals surface area contributed by atoms with E-state index in [1.54, 1.807) is 0 Å². The van der Waals surface area contributed by atoms with Crippen molar-refractivity contribution in [1.82, 2.24) is 14.7 Å². The van der Waals surface area contributed by atoms with Gasteiger partial charge in [0.15, 0.2) is 0 Å².